The first kappa shape index (κ1) is 19.0. The van der Waals surface area contributed by atoms with Crippen molar-refractivity contribution in [3.63, 3.8) is 0 Å². The van der Waals surface area contributed by atoms with Gasteiger partial charge < -0.3 is 4.74 Å². The number of imide groups is 1. The summed E-state index contributed by atoms with van der Waals surface area (Å²) in [6.07, 6.45) is 1.44. The molecule has 0 atom stereocenters. The molecule has 3 rings (SSSR count). The van der Waals surface area contributed by atoms with Crippen molar-refractivity contribution in [1.29, 1.82) is 0 Å². The third-order valence-electron chi connectivity index (χ3n) is 4.34. The zero-order chi connectivity index (χ0) is 19.8. The average molecular weight is 389 g/mol. The fraction of sp³-hybridized carbons (Fsp3) is 0.278. The number of carbonyl (C=O) groups excluding carboxylic acids is 2. The van der Waals surface area contributed by atoms with E-state index in [-0.39, 0.29) is 29.2 Å². The van der Waals surface area contributed by atoms with Crippen LogP contribution in [0.3, 0.4) is 0 Å². The summed E-state index contributed by atoms with van der Waals surface area (Å²) in [5.74, 6) is -0.394. The summed E-state index contributed by atoms with van der Waals surface area (Å²) < 4.78 is 32.8. The normalized spacial score (nSPS) is 13.8. The van der Waals surface area contributed by atoms with Gasteiger partial charge in [0, 0.05) is 19.3 Å². The SMILES string of the molecule is COc1cc(C)c(S(=O)(=O)NCCN2C(=O)c3cccnc3C2=O)cc1C. The highest BCUT2D eigenvalue weighted by Gasteiger charge is 2.36. The van der Waals surface area contributed by atoms with E-state index in [4.69, 9.17) is 4.74 Å². The van der Waals surface area contributed by atoms with E-state index in [1.54, 1.807) is 26.0 Å². The van der Waals surface area contributed by atoms with Crippen molar-refractivity contribution >= 4 is 21.8 Å². The van der Waals surface area contributed by atoms with Gasteiger partial charge in [-0.3, -0.25) is 19.5 Å². The van der Waals surface area contributed by atoms with Crippen molar-refractivity contribution in [2.75, 3.05) is 20.2 Å². The number of sulfonamides is 1. The predicted octanol–water partition coefficient (Wildman–Crippen LogP) is 1.28. The maximum atomic E-state index is 12.6. The van der Waals surface area contributed by atoms with E-state index in [0.29, 0.717) is 16.9 Å². The first-order chi connectivity index (χ1) is 12.8. The molecule has 0 saturated carbocycles. The van der Waals surface area contributed by atoms with Crippen molar-refractivity contribution in [2.24, 2.45) is 0 Å². The van der Waals surface area contributed by atoms with Gasteiger partial charge in [-0.2, -0.15) is 0 Å². The maximum absolute atomic E-state index is 12.6. The molecule has 1 aromatic heterocycles. The second-order valence-corrected chi connectivity index (χ2v) is 7.88. The van der Waals surface area contributed by atoms with Crippen LogP contribution in [0.1, 0.15) is 32.0 Å². The number of aromatic nitrogens is 1. The molecule has 0 fully saturated rings. The molecule has 0 saturated heterocycles. The Kier molecular flexibility index (Phi) is 4.99. The van der Waals surface area contributed by atoms with Gasteiger partial charge in [0.2, 0.25) is 10.0 Å². The molecule has 0 spiro atoms. The third kappa shape index (κ3) is 3.43. The fourth-order valence-corrected chi connectivity index (χ4v) is 4.29. The number of carbonyl (C=O) groups is 2. The van der Waals surface area contributed by atoms with E-state index in [1.807, 2.05) is 0 Å². The van der Waals surface area contributed by atoms with E-state index in [9.17, 15) is 18.0 Å². The number of hydrogen-bond acceptors (Lipinski definition) is 6. The predicted molar refractivity (Wildman–Crippen MR) is 97.3 cm³/mol. The first-order valence-corrected chi connectivity index (χ1v) is 9.70. The lowest BCUT2D eigenvalue weighted by atomic mass is 10.1. The van der Waals surface area contributed by atoms with Gasteiger partial charge >= 0.3 is 0 Å². The van der Waals surface area contributed by atoms with Gasteiger partial charge in [-0.15, -0.1) is 0 Å². The molecule has 0 radical (unpaired) electrons. The van der Waals surface area contributed by atoms with Crippen molar-refractivity contribution in [1.82, 2.24) is 14.6 Å². The average Bonchev–Trinajstić information content (AvgIpc) is 2.88. The summed E-state index contributed by atoms with van der Waals surface area (Å²) in [5.41, 5.74) is 1.55. The molecule has 2 heterocycles. The second-order valence-electron chi connectivity index (χ2n) is 6.15. The lowest BCUT2D eigenvalue weighted by Gasteiger charge is -2.15. The number of aryl methyl sites for hydroxylation is 2. The van der Waals surface area contributed by atoms with Crippen LogP contribution in [-0.2, 0) is 10.0 Å². The number of benzene rings is 1. The number of rotatable bonds is 6. The Hall–Kier alpha value is -2.78. The van der Waals surface area contributed by atoms with E-state index >= 15 is 0 Å². The van der Waals surface area contributed by atoms with Crippen LogP contribution in [0.5, 0.6) is 5.75 Å². The van der Waals surface area contributed by atoms with Gasteiger partial charge in [0.05, 0.1) is 17.6 Å². The Morgan fingerprint density at radius 3 is 2.56 bits per heavy atom. The fourth-order valence-electron chi connectivity index (χ4n) is 2.96. The highest BCUT2D eigenvalue weighted by Crippen LogP contribution is 2.25. The topological polar surface area (TPSA) is 106 Å². The molecule has 0 aliphatic carbocycles. The monoisotopic (exact) mass is 389 g/mol. The van der Waals surface area contributed by atoms with Gasteiger partial charge in [0.25, 0.3) is 11.8 Å². The molecular weight excluding hydrogens is 370 g/mol. The van der Waals surface area contributed by atoms with E-state index in [1.165, 1.54) is 25.4 Å². The minimum atomic E-state index is -3.80. The van der Waals surface area contributed by atoms with Crippen molar-refractivity contribution in [2.45, 2.75) is 18.7 Å². The zero-order valence-electron chi connectivity index (χ0n) is 15.1. The van der Waals surface area contributed by atoms with E-state index in [0.717, 1.165) is 4.90 Å². The largest absolute Gasteiger partial charge is 0.496 e. The smallest absolute Gasteiger partial charge is 0.280 e. The van der Waals surface area contributed by atoms with Gasteiger partial charge in [0.1, 0.15) is 11.4 Å². The Bertz CT molecular complexity index is 998. The number of nitrogens with one attached hydrogen (secondary N) is 1. The minimum Gasteiger partial charge on any atom is -0.496 e. The Labute approximate surface area is 157 Å². The van der Waals surface area contributed by atoms with Gasteiger partial charge in [-0.25, -0.2) is 13.1 Å². The highest BCUT2D eigenvalue weighted by atomic mass is 32.2. The summed E-state index contributed by atoms with van der Waals surface area (Å²) in [6, 6.07) is 6.28. The number of ether oxygens (including phenoxy) is 1. The lowest BCUT2D eigenvalue weighted by molar-refractivity contribution is 0.0655. The van der Waals surface area contributed by atoms with Crippen LogP contribution in [-0.4, -0.2) is 50.3 Å². The lowest BCUT2D eigenvalue weighted by Crippen LogP contribution is -2.38. The summed E-state index contributed by atoms with van der Waals surface area (Å²) >= 11 is 0. The van der Waals surface area contributed by atoms with Crippen LogP contribution in [0.25, 0.3) is 0 Å². The summed E-state index contributed by atoms with van der Waals surface area (Å²) in [5, 5.41) is 0. The zero-order valence-corrected chi connectivity index (χ0v) is 16.0. The van der Waals surface area contributed by atoms with Gasteiger partial charge in [-0.05, 0) is 49.2 Å². The molecule has 9 heteroatoms. The van der Waals surface area contributed by atoms with Gasteiger partial charge in [0.15, 0.2) is 0 Å². The number of nitrogens with zero attached hydrogens (tertiary/aromatic N) is 2. The van der Waals surface area contributed by atoms with Crippen LogP contribution in [0.15, 0.2) is 35.4 Å². The molecule has 1 N–H and O–H groups in total. The number of fused-ring (bicyclic) bond motifs is 1. The highest BCUT2D eigenvalue weighted by molar-refractivity contribution is 7.89. The minimum absolute atomic E-state index is 0.0819. The third-order valence-corrected chi connectivity index (χ3v) is 5.94. The Morgan fingerprint density at radius 2 is 1.89 bits per heavy atom. The molecule has 1 aromatic carbocycles. The summed E-state index contributed by atoms with van der Waals surface area (Å²) in [7, 11) is -2.28. The second kappa shape index (κ2) is 7.09. The maximum Gasteiger partial charge on any atom is 0.280 e. The molecule has 1 aliphatic heterocycles. The number of amides is 2. The Balaban J connectivity index is 1.72. The van der Waals surface area contributed by atoms with Crippen molar-refractivity contribution < 1.29 is 22.7 Å². The molecule has 27 heavy (non-hydrogen) atoms. The van der Waals surface area contributed by atoms with Crippen LogP contribution in [0.4, 0.5) is 0 Å². The molecular formula is C18H19N3O5S. The van der Waals surface area contributed by atoms with Crippen LogP contribution < -0.4 is 9.46 Å². The van der Waals surface area contributed by atoms with Gasteiger partial charge in [-0.1, -0.05) is 0 Å². The van der Waals surface area contributed by atoms with E-state index < -0.39 is 21.8 Å². The van der Waals surface area contributed by atoms with Crippen LogP contribution >= 0.6 is 0 Å². The molecule has 1 aliphatic rings. The summed E-state index contributed by atoms with van der Waals surface area (Å²) in [6.45, 7) is 3.25. The molecule has 8 nitrogen and oxygen atoms in total. The quantitative estimate of drug-likeness (QED) is 0.746. The van der Waals surface area contributed by atoms with Crippen molar-refractivity contribution in [3.8, 4) is 5.75 Å². The first-order valence-electron chi connectivity index (χ1n) is 8.22. The van der Waals surface area contributed by atoms with Crippen molar-refractivity contribution in [3.05, 3.63) is 52.8 Å². The van der Waals surface area contributed by atoms with Crippen LogP contribution in [0.2, 0.25) is 0 Å². The van der Waals surface area contributed by atoms with Crippen LogP contribution in [0, 0.1) is 13.8 Å². The van der Waals surface area contributed by atoms with E-state index in [2.05, 4.69) is 9.71 Å². The Morgan fingerprint density at radius 1 is 1.15 bits per heavy atom. The number of pyridine rings is 1. The molecule has 0 bridgehead atoms. The standard InChI is InChI=1S/C18H19N3O5S/c1-11-10-15(12(2)9-14(11)26-3)27(24,25)20-7-8-21-17(22)13-5-4-6-19-16(13)18(21)23/h4-6,9-10,20H,7-8H2,1-3H3. The summed E-state index contributed by atoms with van der Waals surface area (Å²) in [4.78, 5) is 29.6. The molecule has 2 aromatic rings. The molecule has 0 unspecified atom stereocenters. The number of hydrogen-bond donors (Lipinski definition) is 1. The molecule has 142 valence electrons. The molecule has 2 amide bonds. The number of methoxy groups -OCH3 is 1.